The van der Waals surface area contributed by atoms with E-state index in [1.54, 1.807) is 7.11 Å². The smallest absolute Gasteiger partial charge is 0.137 e. The maximum absolute atomic E-state index is 11.6. The monoisotopic (exact) mass is 240 g/mol. The van der Waals surface area contributed by atoms with Crippen LogP contribution in [0.3, 0.4) is 0 Å². The van der Waals surface area contributed by atoms with Crippen molar-refractivity contribution in [2.75, 3.05) is 13.0 Å². The van der Waals surface area contributed by atoms with Gasteiger partial charge in [-0.25, -0.2) is 0 Å². The maximum Gasteiger partial charge on any atom is 0.137 e. The Kier molecular flexibility index (Phi) is 5.33. The summed E-state index contributed by atoms with van der Waals surface area (Å²) in [6, 6.07) is 5.79. The molecule has 1 aromatic rings. The fraction of sp³-hybridized carbons (Fsp3) is 0.462. The van der Waals surface area contributed by atoms with Crippen LogP contribution in [0, 0.1) is 6.92 Å². The summed E-state index contributed by atoms with van der Waals surface area (Å²) >= 11 is 5.55. The van der Waals surface area contributed by atoms with Crippen molar-refractivity contribution in [1.82, 2.24) is 0 Å². The van der Waals surface area contributed by atoms with E-state index >= 15 is 0 Å². The van der Waals surface area contributed by atoms with Gasteiger partial charge in [-0.15, -0.1) is 11.6 Å². The van der Waals surface area contributed by atoms with E-state index in [4.69, 9.17) is 16.3 Å². The number of halogens is 1. The third kappa shape index (κ3) is 3.86. The zero-order chi connectivity index (χ0) is 12.0. The highest BCUT2D eigenvalue weighted by atomic mass is 35.5. The van der Waals surface area contributed by atoms with Gasteiger partial charge in [0.15, 0.2) is 0 Å². The van der Waals surface area contributed by atoms with Gasteiger partial charge in [0.05, 0.1) is 7.11 Å². The number of benzene rings is 1. The van der Waals surface area contributed by atoms with Crippen LogP contribution in [0.2, 0.25) is 0 Å². The van der Waals surface area contributed by atoms with Gasteiger partial charge in [0.25, 0.3) is 0 Å². The lowest BCUT2D eigenvalue weighted by Gasteiger charge is -2.07. The molecule has 2 nitrogen and oxygen atoms in total. The molecule has 0 radical (unpaired) electrons. The minimum absolute atomic E-state index is 0.244. The Morgan fingerprint density at radius 2 is 2.19 bits per heavy atom. The third-order valence-electron chi connectivity index (χ3n) is 2.53. The average molecular weight is 241 g/mol. The standard InChI is InChI=1S/C13H17ClO2/c1-10-8-13(16-2)6-5-11(10)9-12(15)4-3-7-14/h5-6,8H,3-4,7,9H2,1-2H3. The molecule has 16 heavy (non-hydrogen) atoms. The highest BCUT2D eigenvalue weighted by molar-refractivity contribution is 6.17. The van der Waals surface area contributed by atoms with Crippen LogP contribution in [-0.2, 0) is 11.2 Å². The van der Waals surface area contributed by atoms with Crippen LogP contribution in [0.1, 0.15) is 24.0 Å². The first-order valence-electron chi connectivity index (χ1n) is 5.38. The van der Waals surface area contributed by atoms with Crippen molar-refractivity contribution in [2.24, 2.45) is 0 Å². The van der Waals surface area contributed by atoms with Crippen LogP contribution in [0.15, 0.2) is 18.2 Å². The molecule has 0 bridgehead atoms. The molecule has 0 amide bonds. The molecule has 0 aromatic heterocycles. The Morgan fingerprint density at radius 3 is 2.75 bits per heavy atom. The molecule has 0 fully saturated rings. The summed E-state index contributed by atoms with van der Waals surface area (Å²) in [7, 11) is 1.64. The van der Waals surface area contributed by atoms with Gasteiger partial charge in [-0.2, -0.15) is 0 Å². The second-order valence-electron chi connectivity index (χ2n) is 3.80. The molecule has 3 heteroatoms. The molecule has 0 saturated heterocycles. The van der Waals surface area contributed by atoms with Gasteiger partial charge in [0, 0.05) is 18.7 Å². The second kappa shape index (κ2) is 6.54. The minimum atomic E-state index is 0.244. The van der Waals surface area contributed by atoms with E-state index in [2.05, 4.69) is 0 Å². The molecule has 0 aliphatic rings. The number of Topliss-reactive ketones (excluding diaryl/α,β-unsaturated/α-hetero) is 1. The fourth-order valence-corrected chi connectivity index (χ4v) is 1.69. The molecule has 88 valence electrons. The molecule has 0 aliphatic carbocycles. The fourth-order valence-electron chi connectivity index (χ4n) is 1.56. The van der Waals surface area contributed by atoms with E-state index < -0.39 is 0 Å². The summed E-state index contributed by atoms with van der Waals surface area (Å²) in [4.78, 5) is 11.6. The summed E-state index contributed by atoms with van der Waals surface area (Å²) in [5, 5.41) is 0. The van der Waals surface area contributed by atoms with Crippen molar-refractivity contribution in [1.29, 1.82) is 0 Å². The SMILES string of the molecule is COc1ccc(CC(=O)CCCCl)c(C)c1. The molecule has 1 rings (SSSR count). The van der Waals surface area contributed by atoms with Crippen LogP contribution >= 0.6 is 11.6 Å². The van der Waals surface area contributed by atoms with Gasteiger partial charge in [-0.3, -0.25) is 4.79 Å². The molecule has 0 saturated carbocycles. The zero-order valence-electron chi connectivity index (χ0n) is 9.75. The van der Waals surface area contributed by atoms with Crippen LogP contribution in [0.4, 0.5) is 0 Å². The number of aryl methyl sites for hydroxylation is 1. The van der Waals surface area contributed by atoms with Crippen molar-refractivity contribution in [3.63, 3.8) is 0 Å². The predicted octanol–water partition coefficient (Wildman–Crippen LogP) is 3.13. The first-order valence-corrected chi connectivity index (χ1v) is 5.92. The van der Waals surface area contributed by atoms with Crippen molar-refractivity contribution in [3.8, 4) is 5.75 Å². The van der Waals surface area contributed by atoms with Crippen LogP contribution < -0.4 is 4.74 Å². The molecule has 0 unspecified atom stereocenters. The zero-order valence-corrected chi connectivity index (χ0v) is 10.5. The Labute approximate surface area is 102 Å². The Balaban J connectivity index is 2.63. The molecule has 0 spiro atoms. The Hall–Kier alpha value is -1.02. The highest BCUT2D eigenvalue weighted by Gasteiger charge is 2.06. The second-order valence-corrected chi connectivity index (χ2v) is 4.18. The van der Waals surface area contributed by atoms with Crippen molar-refractivity contribution < 1.29 is 9.53 Å². The Morgan fingerprint density at radius 1 is 1.44 bits per heavy atom. The van der Waals surface area contributed by atoms with Crippen molar-refractivity contribution in [2.45, 2.75) is 26.2 Å². The van der Waals surface area contributed by atoms with E-state index in [0.717, 1.165) is 23.3 Å². The van der Waals surface area contributed by atoms with Gasteiger partial charge >= 0.3 is 0 Å². The van der Waals surface area contributed by atoms with E-state index in [1.165, 1.54) is 0 Å². The number of hydrogen-bond donors (Lipinski definition) is 0. The lowest BCUT2D eigenvalue weighted by atomic mass is 10.0. The summed E-state index contributed by atoms with van der Waals surface area (Å²) in [5.74, 6) is 1.62. The molecule has 1 aromatic carbocycles. The number of ether oxygens (including phenoxy) is 1. The molecule has 0 aliphatic heterocycles. The minimum Gasteiger partial charge on any atom is -0.497 e. The molecular formula is C13H17ClO2. The van der Waals surface area contributed by atoms with E-state index in [9.17, 15) is 4.79 Å². The summed E-state index contributed by atoms with van der Waals surface area (Å²) in [6.45, 7) is 1.99. The van der Waals surface area contributed by atoms with Crippen molar-refractivity contribution >= 4 is 17.4 Å². The Bertz CT molecular complexity index is 361. The number of carbonyl (C=O) groups is 1. The van der Waals surface area contributed by atoms with E-state index in [-0.39, 0.29) is 5.78 Å². The van der Waals surface area contributed by atoms with Crippen LogP contribution in [0.5, 0.6) is 5.75 Å². The lowest BCUT2D eigenvalue weighted by molar-refractivity contribution is -0.118. The van der Waals surface area contributed by atoms with Crippen molar-refractivity contribution in [3.05, 3.63) is 29.3 Å². The van der Waals surface area contributed by atoms with Gasteiger partial charge in [0.2, 0.25) is 0 Å². The number of carbonyl (C=O) groups excluding carboxylic acids is 1. The largest absolute Gasteiger partial charge is 0.497 e. The maximum atomic E-state index is 11.6. The van der Waals surface area contributed by atoms with Gasteiger partial charge in [-0.1, -0.05) is 6.07 Å². The molecule has 0 heterocycles. The number of rotatable bonds is 6. The van der Waals surface area contributed by atoms with E-state index in [1.807, 2.05) is 25.1 Å². The first-order chi connectivity index (χ1) is 7.67. The van der Waals surface area contributed by atoms with Crippen LogP contribution in [0.25, 0.3) is 0 Å². The number of hydrogen-bond acceptors (Lipinski definition) is 2. The van der Waals surface area contributed by atoms with Gasteiger partial charge in [0.1, 0.15) is 11.5 Å². The third-order valence-corrected chi connectivity index (χ3v) is 2.79. The number of methoxy groups -OCH3 is 1. The topological polar surface area (TPSA) is 26.3 Å². The molecule has 0 atom stereocenters. The number of ketones is 1. The first kappa shape index (κ1) is 13.0. The quantitative estimate of drug-likeness (QED) is 0.714. The lowest BCUT2D eigenvalue weighted by Crippen LogP contribution is -2.04. The summed E-state index contributed by atoms with van der Waals surface area (Å²) in [5.41, 5.74) is 2.17. The van der Waals surface area contributed by atoms with Gasteiger partial charge in [-0.05, 0) is 36.6 Å². The average Bonchev–Trinajstić information content (AvgIpc) is 2.29. The molecular weight excluding hydrogens is 224 g/mol. The predicted molar refractivity (Wildman–Crippen MR) is 66.4 cm³/mol. The van der Waals surface area contributed by atoms with Gasteiger partial charge < -0.3 is 4.74 Å². The number of alkyl halides is 1. The summed E-state index contributed by atoms with van der Waals surface area (Å²) < 4.78 is 5.12. The highest BCUT2D eigenvalue weighted by Crippen LogP contribution is 2.17. The normalized spacial score (nSPS) is 10.2. The van der Waals surface area contributed by atoms with E-state index in [0.29, 0.717) is 18.7 Å². The van der Waals surface area contributed by atoms with Crippen LogP contribution in [-0.4, -0.2) is 18.8 Å². The molecule has 0 N–H and O–H groups in total. The summed E-state index contributed by atoms with van der Waals surface area (Å²) in [6.07, 6.45) is 1.82.